The molecule has 10 unspecified atom stereocenters. The second kappa shape index (κ2) is 31.4. The Bertz CT molecular complexity index is 1740. The number of hydrogen-bond acceptors (Lipinski definition) is 25. The zero-order valence-corrected chi connectivity index (χ0v) is 46.3. The molecule has 0 aromatic heterocycles. The topological polar surface area (TPSA) is 253 Å². The van der Waals surface area contributed by atoms with E-state index in [-0.39, 0.29) is 32.5 Å². The van der Waals surface area contributed by atoms with Gasteiger partial charge in [-0.15, -0.1) is 0 Å². The van der Waals surface area contributed by atoms with Crippen molar-refractivity contribution in [3.05, 3.63) is 35.9 Å². The van der Waals surface area contributed by atoms with Gasteiger partial charge in [-0.1, -0.05) is 30.3 Å². The predicted molar refractivity (Wildman–Crippen MR) is 261 cm³/mol. The Hall–Kier alpha value is -1.78. The third-order valence-corrected chi connectivity index (χ3v) is 14.7. The third kappa shape index (κ3) is 14.4. The summed E-state index contributed by atoms with van der Waals surface area (Å²) in [6.45, 7) is 1.95. The van der Waals surface area contributed by atoms with Crippen LogP contribution in [0.15, 0.2) is 30.3 Å². The molecular formula is C51H86O25. The molecule has 0 bridgehead atoms. The maximum atomic E-state index is 10.9. The Morgan fingerprint density at radius 3 is 1.01 bits per heavy atom. The molecule has 5 fully saturated rings. The Labute approximate surface area is 446 Å². The van der Waals surface area contributed by atoms with E-state index in [0.29, 0.717) is 6.61 Å². The number of benzene rings is 1. The quantitative estimate of drug-likeness (QED) is 0.106. The standard InChI is InChI=1S/C51H86O25/c1-26-34(57-5)40(59-7)38(32(68-26)25-67-21-27-18-16-15-17-19-27)76-51-47(66-14)43(62-10)37(31(72-51)24-56-4)75-50-46(65-13)42(61-9)36(30(71-50)23-55-3)74-49-45(64-12)41(60-8)35(29(70-49)22-54-2)73-48-44(63-11)39(58-6)33(53)28(20-52)69-48/h15-19,26,28-53H,20-25H2,1-14H3/t26-,28?,29?,30-,31-,32?,33+,34?,35+,36+,37+,38+,39-,40+,41-,42?,43?,44?,45?,46?,47?,48-,49-,50+,51-/m0/s1. The minimum Gasteiger partial charge on any atom is -0.394 e. The van der Waals surface area contributed by atoms with Gasteiger partial charge in [-0.2, -0.15) is 0 Å². The van der Waals surface area contributed by atoms with Gasteiger partial charge in [0.15, 0.2) is 25.2 Å². The van der Waals surface area contributed by atoms with E-state index in [9.17, 15) is 10.2 Å². The minimum atomic E-state index is -1.21. The minimum absolute atomic E-state index is 0.00288. The summed E-state index contributed by atoms with van der Waals surface area (Å²) in [5.74, 6) is 0. The van der Waals surface area contributed by atoms with Crippen molar-refractivity contribution >= 4 is 0 Å². The van der Waals surface area contributed by atoms with Crippen LogP contribution >= 0.6 is 0 Å². The van der Waals surface area contributed by atoms with E-state index in [1.807, 2.05) is 37.3 Å². The first kappa shape index (κ1) is 63.4. The lowest BCUT2D eigenvalue weighted by atomic mass is 9.94. The van der Waals surface area contributed by atoms with Crippen LogP contribution in [0.4, 0.5) is 0 Å². The molecule has 2 N–H and O–H groups in total. The lowest BCUT2D eigenvalue weighted by Gasteiger charge is -2.52. The first-order valence-electron chi connectivity index (χ1n) is 25.5. The molecule has 440 valence electrons. The van der Waals surface area contributed by atoms with Gasteiger partial charge in [0.2, 0.25) is 0 Å². The molecule has 0 aliphatic carbocycles. The van der Waals surface area contributed by atoms with E-state index in [1.165, 1.54) is 71.1 Å². The average Bonchev–Trinajstić information content (AvgIpc) is 3.43. The van der Waals surface area contributed by atoms with Crippen LogP contribution in [0, 0.1) is 0 Å². The highest BCUT2D eigenvalue weighted by molar-refractivity contribution is 5.13. The van der Waals surface area contributed by atoms with Gasteiger partial charge in [0.1, 0.15) is 122 Å². The van der Waals surface area contributed by atoms with Crippen LogP contribution in [0.3, 0.4) is 0 Å². The Morgan fingerprint density at radius 2 is 0.684 bits per heavy atom. The summed E-state index contributed by atoms with van der Waals surface area (Å²) >= 11 is 0. The van der Waals surface area contributed by atoms with Gasteiger partial charge in [0, 0.05) is 92.4 Å². The molecule has 5 aliphatic rings. The smallest absolute Gasteiger partial charge is 0.187 e. The van der Waals surface area contributed by atoms with E-state index < -0.39 is 154 Å². The molecule has 25 atom stereocenters. The summed E-state index contributed by atoms with van der Waals surface area (Å²) < 4.78 is 143. The molecule has 1 aromatic rings. The lowest BCUT2D eigenvalue weighted by molar-refractivity contribution is -0.397. The zero-order chi connectivity index (χ0) is 55.1. The molecule has 76 heavy (non-hydrogen) atoms. The summed E-state index contributed by atoms with van der Waals surface area (Å²) in [6, 6.07) is 9.83. The first-order chi connectivity index (χ1) is 36.9. The highest BCUT2D eigenvalue weighted by Gasteiger charge is 2.58. The molecular weight excluding hydrogens is 1010 g/mol. The number of aliphatic hydroxyl groups excluding tert-OH is 2. The number of methoxy groups -OCH3 is 13. The number of aliphatic hydroxyl groups is 2. The van der Waals surface area contributed by atoms with Gasteiger partial charge in [0.05, 0.1) is 45.7 Å². The molecule has 0 amide bonds. The van der Waals surface area contributed by atoms with Crippen LogP contribution in [-0.2, 0) is 116 Å². The van der Waals surface area contributed by atoms with Gasteiger partial charge in [0.25, 0.3) is 0 Å². The summed E-state index contributed by atoms with van der Waals surface area (Å²) in [7, 11) is 19.7. The molecule has 5 aliphatic heterocycles. The van der Waals surface area contributed by atoms with Gasteiger partial charge in [-0.3, -0.25) is 0 Å². The number of ether oxygens (including phenoxy) is 23. The molecule has 25 heteroatoms. The molecule has 0 radical (unpaired) electrons. The Balaban J connectivity index is 1.23. The van der Waals surface area contributed by atoms with Crippen LogP contribution in [-0.4, -0.2) is 289 Å². The normalized spacial score (nSPS) is 42.3. The fraction of sp³-hybridized carbons (Fsp3) is 0.882. The zero-order valence-electron chi connectivity index (χ0n) is 46.3. The van der Waals surface area contributed by atoms with Crippen molar-refractivity contribution in [2.75, 3.05) is 125 Å². The van der Waals surface area contributed by atoms with E-state index in [4.69, 9.17) is 109 Å². The van der Waals surface area contributed by atoms with Crippen molar-refractivity contribution in [1.29, 1.82) is 0 Å². The monoisotopic (exact) mass is 1100 g/mol. The summed E-state index contributed by atoms with van der Waals surface area (Å²) in [6.07, 6.45) is -22.4. The van der Waals surface area contributed by atoms with Crippen molar-refractivity contribution in [2.45, 2.75) is 167 Å². The van der Waals surface area contributed by atoms with Gasteiger partial charge < -0.3 is 119 Å². The van der Waals surface area contributed by atoms with E-state index in [1.54, 1.807) is 21.3 Å². The van der Waals surface area contributed by atoms with Crippen LogP contribution < -0.4 is 0 Å². The average molecular weight is 1100 g/mol. The third-order valence-electron chi connectivity index (χ3n) is 14.7. The number of hydrogen-bond donors (Lipinski definition) is 2. The van der Waals surface area contributed by atoms with Crippen molar-refractivity contribution in [2.24, 2.45) is 0 Å². The largest absolute Gasteiger partial charge is 0.394 e. The molecule has 5 saturated heterocycles. The van der Waals surface area contributed by atoms with Crippen molar-refractivity contribution in [3.63, 3.8) is 0 Å². The van der Waals surface area contributed by atoms with Crippen molar-refractivity contribution < 1.29 is 119 Å². The second-order valence-corrected chi connectivity index (χ2v) is 19.0. The predicted octanol–water partition coefficient (Wildman–Crippen LogP) is -0.127. The molecule has 0 spiro atoms. The van der Waals surface area contributed by atoms with Gasteiger partial charge >= 0.3 is 0 Å². The summed E-state index contributed by atoms with van der Waals surface area (Å²) in [5, 5.41) is 21.0. The summed E-state index contributed by atoms with van der Waals surface area (Å²) in [5.41, 5.74) is 1.00. The molecule has 0 saturated carbocycles. The van der Waals surface area contributed by atoms with Crippen molar-refractivity contribution in [1.82, 2.24) is 0 Å². The summed E-state index contributed by atoms with van der Waals surface area (Å²) in [4.78, 5) is 0. The highest BCUT2D eigenvalue weighted by atomic mass is 16.8. The molecule has 6 rings (SSSR count). The van der Waals surface area contributed by atoms with E-state index in [0.717, 1.165) is 5.56 Å². The molecule has 5 heterocycles. The Kier molecular flexibility index (Phi) is 26.2. The maximum Gasteiger partial charge on any atom is 0.187 e. The van der Waals surface area contributed by atoms with Crippen LogP contribution in [0.5, 0.6) is 0 Å². The highest BCUT2D eigenvalue weighted by Crippen LogP contribution is 2.39. The molecule has 1 aromatic carbocycles. The van der Waals surface area contributed by atoms with Crippen molar-refractivity contribution in [3.8, 4) is 0 Å². The number of rotatable bonds is 29. The maximum absolute atomic E-state index is 10.9. The fourth-order valence-electron chi connectivity index (χ4n) is 11.0. The fourth-order valence-corrected chi connectivity index (χ4v) is 11.0. The SMILES string of the molecule is COCC1O[C@@H](O[C@H]2C(OC)C(OC)[C@@H](O[C@H]3C(OC)C(OC)[C@H](O[C@@H]4C(COCc5ccccc5)O[C@@H](C)C(OC)[C@H]4OC)O[C@H]3COC)O[C@H]2COC)C(OC)[C@@H](OC)[C@@H]1O[C@@H]1OC(CO)[C@@H](O)[C@H](OC)C1OC. The van der Waals surface area contributed by atoms with Gasteiger partial charge in [-0.05, 0) is 12.5 Å². The van der Waals surface area contributed by atoms with Crippen LogP contribution in [0.25, 0.3) is 0 Å². The van der Waals surface area contributed by atoms with E-state index >= 15 is 0 Å². The second-order valence-electron chi connectivity index (χ2n) is 19.0. The van der Waals surface area contributed by atoms with Crippen LogP contribution in [0.2, 0.25) is 0 Å². The first-order valence-corrected chi connectivity index (χ1v) is 25.5. The lowest BCUT2D eigenvalue weighted by Crippen LogP contribution is -2.69. The van der Waals surface area contributed by atoms with Gasteiger partial charge in [-0.25, -0.2) is 0 Å². The van der Waals surface area contributed by atoms with Crippen LogP contribution in [0.1, 0.15) is 12.5 Å². The van der Waals surface area contributed by atoms with E-state index in [2.05, 4.69) is 0 Å². The Morgan fingerprint density at radius 1 is 0.368 bits per heavy atom. The molecule has 25 nitrogen and oxygen atoms in total.